The molecule has 0 fully saturated rings. The summed E-state index contributed by atoms with van der Waals surface area (Å²) in [4.78, 5) is 12.6. The lowest BCUT2D eigenvalue weighted by molar-refractivity contribution is -0.116. The Hall–Kier alpha value is -2.04. The van der Waals surface area contributed by atoms with Gasteiger partial charge < -0.3 is 15.2 Å². The molecule has 2 N–H and O–H groups in total. The number of allylic oxidation sites excluding steroid dienone is 3. The van der Waals surface area contributed by atoms with E-state index in [0.717, 1.165) is 12.0 Å². The normalized spacial score (nSPS) is 19.6. The van der Waals surface area contributed by atoms with E-state index in [2.05, 4.69) is 44.5 Å². The van der Waals surface area contributed by atoms with Crippen molar-refractivity contribution in [2.75, 3.05) is 6.61 Å². The van der Waals surface area contributed by atoms with Gasteiger partial charge in [0.2, 0.25) is 5.88 Å². The molecule has 0 radical (unpaired) electrons. The Bertz CT molecular complexity index is 874. The van der Waals surface area contributed by atoms with E-state index in [1.54, 1.807) is 6.08 Å². The first kappa shape index (κ1) is 18.7. The third kappa shape index (κ3) is 3.31. The Kier molecular flexibility index (Phi) is 5.54. The zero-order chi connectivity index (χ0) is 18.8. The first-order valence-corrected chi connectivity index (χ1v) is 9.63. The van der Waals surface area contributed by atoms with Crippen LogP contribution in [0.1, 0.15) is 30.7 Å². The number of nitrogens with zero attached hydrogens (tertiary/aromatic N) is 1. The second-order valence-corrected chi connectivity index (χ2v) is 7.66. The third-order valence-corrected chi connectivity index (χ3v) is 5.48. The van der Waals surface area contributed by atoms with E-state index < -0.39 is 5.92 Å². The SMILES string of the molecule is C=CCOc1c(Br)cc([C@H]2C(C#N)=C(N)OC3=C2C(=O)CCC3)cc1Br. The molecule has 0 unspecified atom stereocenters. The van der Waals surface area contributed by atoms with Gasteiger partial charge in [0.1, 0.15) is 29.8 Å². The molecule has 5 nitrogen and oxygen atoms in total. The molecule has 0 saturated heterocycles. The molecule has 1 atom stereocenters. The van der Waals surface area contributed by atoms with E-state index >= 15 is 0 Å². The van der Waals surface area contributed by atoms with Gasteiger partial charge in [-0.15, -0.1) is 0 Å². The molecule has 3 rings (SSSR count). The Morgan fingerprint density at radius 2 is 2.08 bits per heavy atom. The van der Waals surface area contributed by atoms with Crippen molar-refractivity contribution in [2.45, 2.75) is 25.2 Å². The molecule has 7 heteroatoms. The maximum Gasteiger partial charge on any atom is 0.205 e. The Morgan fingerprint density at radius 1 is 1.38 bits per heavy atom. The fourth-order valence-electron chi connectivity index (χ4n) is 3.22. The summed E-state index contributed by atoms with van der Waals surface area (Å²) < 4.78 is 12.6. The molecule has 26 heavy (non-hydrogen) atoms. The molecule has 0 bridgehead atoms. The predicted octanol–water partition coefficient (Wildman–Crippen LogP) is 4.59. The summed E-state index contributed by atoms with van der Waals surface area (Å²) in [6.45, 7) is 4.00. The van der Waals surface area contributed by atoms with E-state index in [-0.39, 0.29) is 17.2 Å². The van der Waals surface area contributed by atoms with Gasteiger partial charge >= 0.3 is 0 Å². The molecule has 0 spiro atoms. The van der Waals surface area contributed by atoms with Gasteiger partial charge in [-0.25, -0.2) is 0 Å². The Labute approximate surface area is 168 Å². The molecule has 1 heterocycles. The number of Topliss-reactive ketones (excluding diaryl/α,β-unsaturated/α-hetero) is 1. The van der Waals surface area contributed by atoms with E-state index in [9.17, 15) is 10.1 Å². The van der Waals surface area contributed by atoms with Gasteiger partial charge in [-0.05, 0) is 56.0 Å². The van der Waals surface area contributed by atoms with E-state index in [4.69, 9.17) is 15.2 Å². The van der Waals surface area contributed by atoms with Crippen LogP contribution in [0.15, 0.2) is 56.5 Å². The van der Waals surface area contributed by atoms with Crippen LogP contribution in [0.4, 0.5) is 0 Å². The number of rotatable bonds is 4. The van der Waals surface area contributed by atoms with Gasteiger partial charge in [0.15, 0.2) is 5.78 Å². The zero-order valence-electron chi connectivity index (χ0n) is 13.9. The van der Waals surface area contributed by atoms with E-state index in [0.29, 0.717) is 45.5 Å². The maximum absolute atomic E-state index is 12.6. The van der Waals surface area contributed by atoms with Crippen LogP contribution in [-0.4, -0.2) is 12.4 Å². The summed E-state index contributed by atoms with van der Waals surface area (Å²) in [6.07, 6.45) is 3.46. The summed E-state index contributed by atoms with van der Waals surface area (Å²) in [5.41, 5.74) is 7.51. The van der Waals surface area contributed by atoms with Crippen LogP contribution >= 0.6 is 31.9 Å². The Balaban J connectivity index is 2.14. The van der Waals surface area contributed by atoms with Gasteiger partial charge in [0.05, 0.1) is 14.9 Å². The number of ether oxygens (including phenoxy) is 2. The number of halogens is 2. The lowest BCUT2D eigenvalue weighted by atomic mass is 9.77. The second kappa shape index (κ2) is 7.68. The lowest BCUT2D eigenvalue weighted by Gasteiger charge is -2.31. The number of nitrogens with two attached hydrogens (primary N) is 1. The first-order chi connectivity index (χ1) is 12.5. The van der Waals surface area contributed by atoms with Crippen LogP contribution < -0.4 is 10.5 Å². The van der Waals surface area contributed by atoms with Crippen LogP contribution in [0.3, 0.4) is 0 Å². The van der Waals surface area contributed by atoms with Crippen molar-refractivity contribution >= 4 is 37.6 Å². The molecule has 0 aromatic heterocycles. The standard InChI is InChI=1S/C19H16Br2N2O3/c1-2-6-25-18-12(20)7-10(8-13(18)21)16-11(9-22)19(23)26-15-5-3-4-14(24)17(15)16/h2,7-8,16H,1,3-6,23H2/t16-/m0/s1. The monoisotopic (exact) mass is 478 g/mol. The summed E-state index contributed by atoms with van der Waals surface area (Å²) in [7, 11) is 0. The molecular formula is C19H16Br2N2O3. The fourth-order valence-corrected chi connectivity index (χ4v) is 4.67. The molecule has 134 valence electrons. The number of ketones is 1. The topological polar surface area (TPSA) is 85.3 Å². The van der Waals surface area contributed by atoms with Crippen LogP contribution in [0.5, 0.6) is 5.75 Å². The van der Waals surface area contributed by atoms with E-state index in [1.807, 2.05) is 12.1 Å². The zero-order valence-corrected chi connectivity index (χ0v) is 17.0. The summed E-state index contributed by atoms with van der Waals surface area (Å²) in [5.74, 6) is 0.709. The van der Waals surface area contributed by atoms with Gasteiger partial charge in [0.25, 0.3) is 0 Å². The smallest absolute Gasteiger partial charge is 0.205 e. The highest BCUT2D eigenvalue weighted by atomic mass is 79.9. The molecular weight excluding hydrogens is 464 g/mol. The number of carbonyl (C=O) groups is 1. The molecule has 0 amide bonds. The van der Waals surface area contributed by atoms with Gasteiger partial charge in [-0.3, -0.25) is 4.79 Å². The molecule has 0 saturated carbocycles. The number of benzene rings is 1. The van der Waals surface area contributed by atoms with Crippen LogP contribution in [0.2, 0.25) is 0 Å². The Morgan fingerprint density at radius 3 is 2.69 bits per heavy atom. The minimum Gasteiger partial charge on any atom is -0.487 e. The summed E-state index contributed by atoms with van der Waals surface area (Å²) >= 11 is 7.01. The van der Waals surface area contributed by atoms with Crippen molar-refractivity contribution in [3.05, 3.63) is 62.1 Å². The van der Waals surface area contributed by atoms with Gasteiger partial charge in [-0.2, -0.15) is 5.26 Å². The first-order valence-electron chi connectivity index (χ1n) is 8.04. The summed E-state index contributed by atoms with van der Waals surface area (Å²) in [5, 5.41) is 9.62. The average molecular weight is 480 g/mol. The molecule has 1 aromatic carbocycles. The quantitative estimate of drug-likeness (QED) is 0.638. The van der Waals surface area contributed by atoms with Crippen molar-refractivity contribution in [3.63, 3.8) is 0 Å². The number of nitriles is 1. The molecule has 1 aromatic rings. The molecule has 2 aliphatic rings. The number of carbonyl (C=O) groups excluding carboxylic acids is 1. The molecule has 1 aliphatic heterocycles. The van der Waals surface area contributed by atoms with Crippen molar-refractivity contribution in [2.24, 2.45) is 5.73 Å². The highest BCUT2D eigenvalue weighted by Gasteiger charge is 2.38. The second-order valence-electron chi connectivity index (χ2n) is 5.95. The minimum atomic E-state index is -0.544. The van der Waals surface area contributed by atoms with Crippen LogP contribution in [0.25, 0.3) is 0 Å². The van der Waals surface area contributed by atoms with Crippen molar-refractivity contribution in [3.8, 4) is 11.8 Å². The number of hydrogen-bond donors (Lipinski definition) is 1. The van der Waals surface area contributed by atoms with E-state index in [1.165, 1.54) is 0 Å². The van der Waals surface area contributed by atoms with Gasteiger partial charge in [0, 0.05) is 18.4 Å². The van der Waals surface area contributed by atoms with Crippen molar-refractivity contribution < 1.29 is 14.3 Å². The van der Waals surface area contributed by atoms with Crippen LogP contribution in [0, 0.1) is 11.3 Å². The predicted molar refractivity (Wildman–Crippen MR) is 104 cm³/mol. The lowest BCUT2D eigenvalue weighted by Crippen LogP contribution is -2.27. The highest BCUT2D eigenvalue weighted by molar-refractivity contribution is 9.11. The largest absolute Gasteiger partial charge is 0.487 e. The van der Waals surface area contributed by atoms with Crippen molar-refractivity contribution in [1.29, 1.82) is 5.26 Å². The third-order valence-electron chi connectivity index (χ3n) is 4.30. The minimum absolute atomic E-state index is 0.00395. The maximum atomic E-state index is 12.6. The fraction of sp³-hybridized carbons (Fsp3) is 0.263. The van der Waals surface area contributed by atoms with Crippen molar-refractivity contribution in [1.82, 2.24) is 0 Å². The number of hydrogen-bond acceptors (Lipinski definition) is 5. The average Bonchev–Trinajstić information content (AvgIpc) is 2.60. The summed E-state index contributed by atoms with van der Waals surface area (Å²) in [6, 6.07) is 5.80. The van der Waals surface area contributed by atoms with Crippen LogP contribution in [-0.2, 0) is 9.53 Å². The highest BCUT2D eigenvalue weighted by Crippen LogP contribution is 2.46. The van der Waals surface area contributed by atoms with Gasteiger partial charge in [-0.1, -0.05) is 12.7 Å². The molecule has 1 aliphatic carbocycles.